The van der Waals surface area contributed by atoms with Crippen molar-refractivity contribution in [3.63, 3.8) is 0 Å². The second-order valence-electron chi connectivity index (χ2n) is 5.47. The number of benzene rings is 1. The maximum Gasteiger partial charge on any atom is 0.119 e. The SMILES string of the molecule is CCC(C)NC(C(C)C)C(O)c1cccc(OC)c1. The Morgan fingerprint density at radius 3 is 2.47 bits per heavy atom. The predicted molar refractivity (Wildman–Crippen MR) is 79.5 cm³/mol. The maximum atomic E-state index is 10.6. The molecule has 1 aromatic rings. The van der Waals surface area contributed by atoms with Crippen LogP contribution in [0.2, 0.25) is 0 Å². The van der Waals surface area contributed by atoms with Crippen LogP contribution in [0.3, 0.4) is 0 Å². The van der Waals surface area contributed by atoms with Crippen molar-refractivity contribution in [2.75, 3.05) is 7.11 Å². The zero-order chi connectivity index (χ0) is 14.4. The van der Waals surface area contributed by atoms with Crippen LogP contribution in [0, 0.1) is 5.92 Å². The summed E-state index contributed by atoms with van der Waals surface area (Å²) < 4.78 is 5.22. The van der Waals surface area contributed by atoms with Gasteiger partial charge in [-0.2, -0.15) is 0 Å². The first kappa shape index (κ1) is 16.0. The Morgan fingerprint density at radius 2 is 1.95 bits per heavy atom. The summed E-state index contributed by atoms with van der Waals surface area (Å²) in [6.07, 6.45) is 0.526. The van der Waals surface area contributed by atoms with Gasteiger partial charge in [-0.3, -0.25) is 0 Å². The summed E-state index contributed by atoms with van der Waals surface area (Å²) in [5.74, 6) is 1.14. The number of ether oxygens (including phenoxy) is 1. The van der Waals surface area contributed by atoms with Gasteiger partial charge >= 0.3 is 0 Å². The van der Waals surface area contributed by atoms with E-state index in [0.717, 1.165) is 17.7 Å². The number of aliphatic hydroxyl groups is 1. The fourth-order valence-corrected chi connectivity index (χ4v) is 2.13. The molecule has 0 heterocycles. The summed E-state index contributed by atoms with van der Waals surface area (Å²) >= 11 is 0. The topological polar surface area (TPSA) is 41.5 Å². The summed E-state index contributed by atoms with van der Waals surface area (Å²) in [4.78, 5) is 0. The van der Waals surface area contributed by atoms with Gasteiger partial charge in [-0.15, -0.1) is 0 Å². The van der Waals surface area contributed by atoms with E-state index in [1.165, 1.54) is 0 Å². The van der Waals surface area contributed by atoms with Gasteiger partial charge < -0.3 is 15.2 Å². The van der Waals surface area contributed by atoms with Crippen molar-refractivity contribution in [1.82, 2.24) is 5.32 Å². The molecule has 0 radical (unpaired) electrons. The molecule has 0 saturated heterocycles. The summed E-state index contributed by atoms with van der Waals surface area (Å²) in [6, 6.07) is 8.09. The van der Waals surface area contributed by atoms with E-state index in [9.17, 15) is 5.11 Å². The zero-order valence-electron chi connectivity index (χ0n) is 12.7. The van der Waals surface area contributed by atoms with Crippen LogP contribution in [0.25, 0.3) is 0 Å². The van der Waals surface area contributed by atoms with Crippen molar-refractivity contribution >= 4 is 0 Å². The number of rotatable bonds is 7. The Labute approximate surface area is 117 Å². The minimum atomic E-state index is -0.524. The third-order valence-electron chi connectivity index (χ3n) is 3.58. The summed E-state index contributed by atoms with van der Waals surface area (Å²) in [5, 5.41) is 14.1. The molecule has 0 bridgehead atoms. The fraction of sp³-hybridized carbons (Fsp3) is 0.625. The summed E-state index contributed by atoms with van der Waals surface area (Å²) in [7, 11) is 1.64. The fourth-order valence-electron chi connectivity index (χ4n) is 2.13. The van der Waals surface area contributed by atoms with Gasteiger partial charge in [-0.1, -0.05) is 32.9 Å². The van der Waals surface area contributed by atoms with Gasteiger partial charge in [0.1, 0.15) is 5.75 Å². The Balaban J connectivity index is 2.88. The lowest BCUT2D eigenvalue weighted by molar-refractivity contribution is 0.0984. The van der Waals surface area contributed by atoms with Gasteiger partial charge in [0.05, 0.1) is 13.2 Å². The monoisotopic (exact) mass is 265 g/mol. The molecule has 3 nitrogen and oxygen atoms in total. The largest absolute Gasteiger partial charge is 0.497 e. The van der Waals surface area contributed by atoms with E-state index in [4.69, 9.17) is 4.74 Å². The standard InChI is InChI=1S/C16H27NO2/c1-6-12(4)17-15(11(2)3)16(18)13-8-7-9-14(10-13)19-5/h7-12,15-18H,6H2,1-5H3. The van der Waals surface area contributed by atoms with E-state index < -0.39 is 6.10 Å². The lowest BCUT2D eigenvalue weighted by Gasteiger charge is -2.30. The van der Waals surface area contributed by atoms with Crippen LogP contribution in [0.4, 0.5) is 0 Å². The first-order valence-corrected chi connectivity index (χ1v) is 7.07. The van der Waals surface area contributed by atoms with E-state index in [2.05, 4.69) is 33.0 Å². The number of aliphatic hydroxyl groups excluding tert-OH is 1. The molecule has 0 spiro atoms. The van der Waals surface area contributed by atoms with Gasteiger partial charge in [-0.25, -0.2) is 0 Å². The lowest BCUT2D eigenvalue weighted by atomic mass is 9.92. The molecule has 3 atom stereocenters. The van der Waals surface area contributed by atoms with Crippen LogP contribution in [0.5, 0.6) is 5.75 Å². The molecular formula is C16H27NO2. The Hall–Kier alpha value is -1.06. The molecule has 1 aromatic carbocycles. The minimum Gasteiger partial charge on any atom is -0.497 e. The van der Waals surface area contributed by atoms with Crippen LogP contribution < -0.4 is 10.1 Å². The van der Waals surface area contributed by atoms with Gasteiger partial charge in [0, 0.05) is 12.1 Å². The van der Waals surface area contributed by atoms with Crippen molar-refractivity contribution < 1.29 is 9.84 Å². The van der Waals surface area contributed by atoms with Gasteiger partial charge in [0.25, 0.3) is 0 Å². The number of nitrogens with one attached hydrogen (secondary N) is 1. The van der Waals surface area contributed by atoms with Crippen LogP contribution in [0.1, 0.15) is 45.8 Å². The average molecular weight is 265 g/mol. The zero-order valence-corrected chi connectivity index (χ0v) is 12.7. The van der Waals surface area contributed by atoms with Crippen molar-refractivity contribution in [2.45, 2.75) is 52.3 Å². The van der Waals surface area contributed by atoms with Crippen molar-refractivity contribution in [2.24, 2.45) is 5.92 Å². The molecule has 0 aromatic heterocycles. The summed E-state index contributed by atoms with van der Waals surface area (Å²) in [5.41, 5.74) is 0.897. The quantitative estimate of drug-likeness (QED) is 0.796. The summed E-state index contributed by atoms with van der Waals surface area (Å²) in [6.45, 7) is 8.55. The first-order chi connectivity index (χ1) is 8.99. The second-order valence-corrected chi connectivity index (χ2v) is 5.47. The third-order valence-corrected chi connectivity index (χ3v) is 3.58. The Kier molecular flexibility index (Phi) is 6.32. The second kappa shape index (κ2) is 7.51. The molecule has 0 fully saturated rings. The molecular weight excluding hydrogens is 238 g/mol. The number of hydrogen-bond donors (Lipinski definition) is 2. The highest BCUT2D eigenvalue weighted by molar-refractivity contribution is 5.30. The predicted octanol–water partition coefficient (Wildman–Crippen LogP) is 3.14. The highest BCUT2D eigenvalue weighted by Crippen LogP contribution is 2.25. The third kappa shape index (κ3) is 4.51. The molecule has 0 aliphatic heterocycles. The van der Waals surface area contributed by atoms with Crippen LogP contribution in [0.15, 0.2) is 24.3 Å². The van der Waals surface area contributed by atoms with Gasteiger partial charge in [0.2, 0.25) is 0 Å². The van der Waals surface area contributed by atoms with E-state index in [1.54, 1.807) is 7.11 Å². The molecule has 3 unspecified atom stereocenters. The molecule has 108 valence electrons. The maximum absolute atomic E-state index is 10.6. The molecule has 0 saturated carbocycles. The number of hydrogen-bond acceptors (Lipinski definition) is 3. The molecule has 0 aliphatic rings. The Morgan fingerprint density at radius 1 is 1.26 bits per heavy atom. The minimum absolute atomic E-state index is 0.0436. The lowest BCUT2D eigenvalue weighted by Crippen LogP contribution is -2.43. The van der Waals surface area contributed by atoms with Crippen molar-refractivity contribution in [1.29, 1.82) is 0 Å². The van der Waals surface area contributed by atoms with Crippen molar-refractivity contribution in [3.05, 3.63) is 29.8 Å². The van der Waals surface area contributed by atoms with E-state index >= 15 is 0 Å². The smallest absolute Gasteiger partial charge is 0.119 e. The highest BCUT2D eigenvalue weighted by atomic mass is 16.5. The molecule has 0 amide bonds. The van der Waals surface area contributed by atoms with Crippen LogP contribution in [-0.2, 0) is 0 Å². The molecule has 2 N–H and O–H groups in total. The molecule has 1 rings (SSSR count). The first-order valence-electron chi connectivity index (χ1n) is 7.07. The molecule has 3 heteroatoms. The van der Waals surface area contributed by atoms with E-state index in [0.29, 0.717) is 12.0 Å². The normalized spacial score (nSPS) is 16.2. The van der Waals surface area contributed by atoms with Crippen LogP contribution >= 0.6 is 0 Å². The van der Waals surface area contributed by atoms with Crippen LogP contribution in [-0.4, -0.2) is 24.3 Å². The van der Waals surface area contributed by atoms with Gasteiger partial charge in [0.15, 0.2) is 0 Å². The van der Waals surface area contributed by atoms with E-state index in [-0.39, 0.29) is 6.04 Å². The highest BCUT2D eigenvalue weighted by Gasteiger charge is 2.25. The molecule has 19 heavy (non-hydrogen) atoms. The molecule has 0 aliphatic carbocycles. The van der Waals surface area contributed by atoms with Crippen molar-refractivity contribution in [3.8, 4) is 5.75 Å². The average Bonchev–Trinajstić information content (AvgIpc) is 2.43. The number of methoxy groups -OCH3 is 1. The van der Waals surface area contributed by atoms with Gasteiger partial charge in [-0.05, 0) is 37.0 Å². The van der Waals surface area contributed by atoms with E-state index in [1.807, 2.05) is 24.3 Å². The Bertz CT molecular complexity index is 379.